The first-order valence-electron chi connectivity index (χ1n) is 11.1. The summed E-state index contributed by atoms with van der Waals surface area (Å²) in [6, 6.07) is 17.7. The first-order valence-corrected chi connectivity index (χ1v) is 11.1. The quantitative estimate of drug-likeness (QED) is 0.592. The van der Waals surface area contributed by atoms with Crippen molar-refractivity contribution >= 4 is 16.7 Å². The van der Waals surface area contributed by atoms with E-state index in [0.29, 0.717) is 11.5 Å². The minimum atomic E-state index is 0.634. The molecular formula is C25H29N5. The molecule has 5 nitrogen and oxygen atoms in total. The van der Waals surface area contributed by atoms with Gasteiger partial charge in [0.15, 0.2) is 0 Å². The van der Waals surface area contributed by atoms with Crippen molar-refractivity contribution in [3.05, 3.63) is 59.4 Å². The van der Waals surface area contributed by atoms with Gasteiger partial charge in [0.25, 0.3) is 0 Å². The summed E-state index contributed by atoms with van der Waals surface area (Å²) in [7, 11) is 0. The van der Waals surface area contributed by atoms with Crippen LogP contribution in [0.15, 0.2) is 42.5 Å². The first-order chi connectivity index (χ1) is 14.6. The molecule has 0 bridgehead atoms. The van der Waals surface area contributed by atoms with Crippen molar-refractivity contribution in [2.24, 2.45) is 5.92 Å². The maximum Gasteiger partial charge on any atom is 0.129 e. The fourth-order valence-electron chi connectivity index (χ4n) is 4.51. The predicted molar refractivity (Wildman–Crippen MR) is 120 cm³/mol. The molecule has 2 aromatic carbocycles. The van der Waals surface area contributed by atoms with Gasteiger partial charge in [-0.1, -0.05) is 32.0 Å². The fourth-order valence-corrected chi connectivity index (χ4v) is 4.51. The fraction of sp³-hybridized carbons (Fsp3) is 0.440. The molecule has 0 radical (unpaired) electrons. The molecule has 1 aliphatic heterocycles. The topological polar surface area (TPSA) is 48.1 Å². The van der Waals surface area contributed by atoms with Crippen LogP contribution < -0.4 is 4.90 Å². The van der Waals surface area contributed by atoms with E-state index in [2.05, 4.69) is 64.6 Å². The van der Waals surface area contributed by atoms with Crippen molar-refractivity contribution in [2.75, 3.05) is 11.6 Å². The Morgan fingerprint density at radius 3 is 2.77 bits per heavy atom. The highest BCUT2D eigenvalue weighted by Gasteiger charge is 2.34. The SMILES string of the molecule is CC(C)CCn1c(CN2CN(C3CC3)Cc3ccccc32)nc2cc(C#N)ccc21. The largest absolute Gasteiger partial charge is 0.351 e. The van der Waals surface area contributed by atoms with E-state index >= 15 is 0 Å². The second-order valence-electron chi connectivity index (χ2n) is 9.12. The molecule has 5 heteroatoms. The van der Waals surface area contributed by atoms with Crippen molar-refractivity contribution in [3.8, 4) is 6.07 Å². The molecule has 1 saturated carbocycles. The number of nitrogens with zero attached hydrogens (tertiary/aromatic N) is 5. The van der Waals surface area contributed by atoms with Crippen molar-refractivity contribution in [1.82, 2.24) is 14.5 Å². The third-order valence-corrected chi connectivity index (χ3v) is 6.34. The number of anilines is 1. The number of hydrogen-bond donors (Lipinski definition) is 0. The number of imidazole rings is 1. The molecule has 0 atom stereocenters. The van der Waals surface area contributed by atoms with Gasteiger partial charge in [-0.3, -0.25) is 4.90 Å². The van der Waals surface area contributed by atoms with E-state index in [0.717, 1.165) is 55.6 Å². The van der Waals surface area contributed by atoms with Gasteiger partial charge in [0, 0.05) is 24.8 Å². The van der Waals surface area contributed by atoms with Crippen LogP contribution in [0.3, 0.4) is 0 Å². The van der Waals surface area contributed by atoms with Crippen LogP contribution in [0.25, 0.3) is 11.0 Å². The van der Waals surface area contributed by atoms with Crippen LogP contribution in [0, 0.1) is 17.2 Å². The number of rotatable bonds is 6. The van der Waals surface area contributed by atoms with Crippen LogP contribution in [0.1, 0.15) is 50.1 Å². The number of aryl methyl sites for hydroxylation is 1. The number of aromatic nitrogens is 2. The Morgan fingerprint density at radius 1 is 1.17 bits per heavy atom. The van der Waals surface area contributed by atoms with Crippen molar-refractivity contribution in [1.29, 1.82) is 5.26 Å². The first kappa shape index (κ1) is 19.1. The average molecular weight is 400 g/mol. The van der Waals surface area contributed by atoms with E-state index in [-0.39, 0.29) is 0 Å². The van der Waals surface area contributed by atoms with Crippen LogP contribution in [0.2, 0.25) is 0 Å². The van der Waals surface area contributed by atoms with E-state index in [1.165, 1.54) is 24.1 Å². The molecule has 0 amide bonds. The zero-order valence-electron chi connectivity index (χ0n) is 17.9. The highest BCUT2D eigenvalue weighted by atomic mass is 15.4. The molecule has 0 saturated heterocycles. The van der Waals surface area contributed by atoms with Gasteiger partial charge in [-0.15, -0.1) is 0 Å². The Labute approximate surface area is 178 Å². The summed E-state index contributed by atoms with van der Waals surface area (Å²) in [6.45, 7) is 8.28. The molecule has 154 valence electrons. The highest BCUT2D eigenvalue weighted by molar-refractivity contribution is 5.78. The van der Waals surface area contributed by atoms with Crippen molar-refractivity contribution in [2.45, 2.75) is 58.8 Å². The normalized spacial score (nSPS) is 16.8. The minimum absolute atomic E-state index is 0.634. The van der Waals surface area contributed by atoms with Gasteiger partial charge in [0.2, 0.25) is 0 Å². The Hall–Kier alpha value is -2.84. The molecule has 30 heavy (non-hydrogen) atoms. The summed E-state index contributed by atoms with van der Waals surface area (Å²) in [5.41, 5.74) is 5.47. The Balaban J connectivity index is 1.52. The lowest BCUT2D eigenvalue weighted by Gasteiger charge is -2.38. The molecule has 1 fully saturated rings. The van der Waals surface area contributed by atoms with E-state index in [1.807, 2.05) is 12.1 Å². The van der Waals surface area contributed by atoms with Crippen molar-refractivity contribution in [3.63, 3.8) is 0 Å². The summed E-state index contributed by atoms with van der Waals surface area (Å²) < 4.78 is 2.37. The van der Waals surface area contributed by atoms with Gasteiger partial charge in [-0.25, -0.2) is 4.98 Å². The van der Waals surface area contributed by atoms with E-state index < -0.39 is 0 Å². The highest BCUT2D eigenvalue weighted by Crippen LogP contribution is 2.35. The van der Waals surface area contributed by atoms with E-state index in [4.69, 9.17) is 4.98 Å². The molecule has 1 aliphatic carbocycles. The maximum absolute atomic E-state index is 9.31. The number of fused-ring (bicyclic) bond motifs is 2. The number of hydrogen-bond acceptors (Lipinski definition) is 4. The molecule has 2 heterocycles. The average Bonchev–Trinajstić information content (AvgIpc) is 3.54. The lowest BCUT2D eigenvalue weighted by Crippen LogP contribution is -2.43. The van der Waals surface area contributed by atoms with E-state index in [1.54, 1.807) is 0 Å². The minimum Gasteiger partial charge on any atom is -0.351 e. The number of para-hydroxylation sites is 1. The molecule has 1 aromatic heterocycles. The van der Waals surface area contributed by atoms with Gasteiger partial charge in [-0.05, 0) is 55.0 Å². The van der Waals surface area contributed by atoms with E-state index in [9.17, 15) is 5.26 Å². The van der Waals surface area contributed by atoms with Gasteiger partial charge < -0.3 is 9.47 Å². The Kier molecular flexibility index (Phi) is 4.96. The van der Waals surface area contributed by atoms with Crippen LogP contribution in [-0.4, -0.2) is 27.2 Å². The molecule has 0 unspecified atom stereocenters. The summed E-state index contributed by atoms with van der Waals surface area (Å²) >= 11 is 0. The smallest absolute Gasteiger partial charge is 0.129 e. The van der Waals surface area contributed by atoms with Crippen LogP contribution >= 0.6 is 0 Å². The molecule has 0 N–H and O–H groups in total. The molecule has 5 rings (SSSR count). The summed E-state index contributed by atoms with van der Waals surface area (Å²) in [5, 5.41) is 9.31. The third kappa shape index (κ3) is 3.68. The summed E-state index contributed by atoms with van der Waals surface area (Å²) in [4.78, 5) is 10.1. The third-order valence-electron chi connectivity index (χ3n) is 6.34. The van der Waals surface area contributed by atoms with Crippen LogP contribution in [0.5, 0.6) is 0 Å². The van der Waals surface area contributed by atoms with Gasteiger partial charge in [0.05, 0.1) is 35.9 Å². The van der Waals surface area contributed by atoms with Gasteiger partial charge in [0.1, 0.15) is 5.82 Å². The monoisotopic (exact) mass is 399 g/mol. The summed E-state index contributed by atoms with van der Waals surface area (Å²) in [6.07, 6.45) is 3.75. The number of nitriles is 1. The molecule has 2 aliphatic rings. The van der Waals surface area contributed by atoms with Crippen LogP contribution in [-0.2, 0) is 19.6 Å². The second-order valence-corrected chi connectivity index (χ2v) is 9.12. The summed E-state index contributed by atoms with van der Waals surface area (Å²) in [5.74, 6) is 1.72. The standard InChI is InChI=1S/C25H29N5/c1-18(2)11-12-30-24-10-7-19(14-26)13-22(24)27-25(30)16-29-17-28(21-8-9-21)15-20-5-3-4-6-23(20)29/h3-7,10,13,18,21H,8-9,11-12,15-17H2,1-2H3. The Bertz CT molecular complexity index is 1100. The zero-order chi connectivity index (χ0) is 20.7. The lowest BCUT2D eigenvalue weighted by molar-refractivity contribution is 0.239. The second kappa shape index (κ2) is 7.77. The van der Waals surface area contributed by atoms with Gasteiger partial charge >= 0.3 is 0 Å². The number of benzene rings is 2. The predicted octanol–water partition coefficient (Wildman–Crippen LogP) is 4.90. The van der Waals surface area contributed by atoms with Crippen LogP contribution in [0.4, 0.5) is 5.69 Å². The molecular weight excluding hydrogens is 370 g/mol. The molecule has 3 aromatic rings. The Morgan fingerprint density at radius 2 is 2.00 bits per heavy atom. The molecule has 0 spiro atoms. The zero-order valence-corrected chi connectivity index (χ0v) is 17.9. The lowest BCUT2D eigenvalue weighted by atomic mass is 10.1. The van der Waals surface area contributed by atoms with Gasteiger partial charge in [-0.2, -0.15) is 5.26 Å². The van der Waals surface area contributed by atoms with Crippen molar-refractivity contribution < 1.29 is 0 Å². The maximum atomic E-state index is 9.31.